The Bertz CT molecular complexity index is 611. The van der Waals surface area contributed by atoms with Gasteiger partial charge in [0, 0.05) is 36.3 Å². The van der Waals surface area contributed by atoms with Gasteiger partial charge in [0.1, 0.15) is 0 Å². The van der Waals surface area contributed by atoms with Crippen molar-refractivity contribution in [1.29, 1.82) is 0 Å². The third-order valence-electron chi connectivity index (χ3n) is 5.02. The van der Waals surface area contributed by atoms with Crippen molar-refractivity contribution in [2.45, 2.75) is 18.4 Å². The van der Waals surface area contributed by atoms with Crippen molar-refractivity contribution in [3.05, 3.63) is 40.9 Å². The maximum absolute atomic E-state index is 12.3. The van der Waals surface area contributed by atoms with E-state index in [0.717, 1.165) is 56.2 Å². The fourth-order valence-corrected chi connectivity index (χ4v) is 4.93. The average Bonchev–Trinajstić information content (AvgIpc) is 2.67. The van der Waals surface area contributed by atoms with E-state index in [2.05, 4.69) is 10.2 Å². The van der Waals surface area contributed by atoms with E-state index in [1.165, 1.54) is 0 Å². The molecule has 25 heavy (non-hydrogen) atoms. The summed E-state index contributed by atoms with van der Waals surface area (Å²) in [4.78, 5) is 14.8. The van der Waals surface area contributed by atoms with E-state index in [0.29, 0.717) is 11.6 Å². The lowest BCUT2D eigenvalue weighted by molar-refractivity contribution is -0.117. The van der Waals surface area contributed by atoms with Crippen molar-refractivity contribution < 1.29 is 9.53 Å². The number of thioether (sulfide) groups is 1. The van der Waals surface area contributed by atoms with Gasteiger partial charge in [-0.3, -0.25) is 9.69 Å². The largest absolute Gasteiger partial charge is 0.379 e. The van der Waals surface area contributed by atoms with Crippen LogP contribution < -0.4 is 5.32 Å². The predicted molar refractivity (Wildman–Crippen MR) is 105 cm³/mol. The minimum atomic E-state index is -0.0641. The standard InChI is InChI=1S/C19H25ClN2O2S/c20-17-4-2-1-3-16(17)5-6-18(23)21-15-19(7-13-25-14-8-19)22-9-11-24-12-10-22/h1-6H,7-15H2,(H,21,23). The third kappa shape index (κ3) is 5.00. The van der Waals surface area contributed by atoms with E-state index in [-0.39, 0.29) is 11.4 Å². The van der Waals surface area contributed by atoms with Crippen molar-refractivity contribution in [3.63, 3.8) is 0 Å². The van der Waals surface area contributed by atoms with Crippen LogP contribution in [0.5, 0.6) is 0 Å². The smallest absolute Gasteiger partial charge is 0.244 e. The number of ether oxygens (including phenoxy) is 1. The van der Waals surface area contributed by atoms with Gasteiger partial charge in [0.25, 0.3) is 0 Å². The van der Waals surface area contributed by atoms with Gasteiger partial charge in [0.15, 0.2) is 0 Å². The van der Waals surface area contributed by atoms with Crippen LogP contribution in [0.25, 0.3) is 6.08 Å². The Morgan fingerprint density at radius 3 is 2.72 bits per heavy atom. The van der Waals surface area contributed by atoms with Gasteiger partial charge in [-0.1, -0.05) is 29.8 Å². The van der Waals surface area contributed by atoms with Crippen LogP contribution in [0.4, 0.5) is 0 Å². The van der Waals surface area contributed by atoms with Crippen molar-refractivity contribution in [1.82, 2.24) is 10.2 Å². The summed E-state index contributed by atoms with van der Waals surface area (Å²) in [7, 11) is 0. The van der Waals surface area contributed by atoms with Gasteiger partial charge < -0.3 is 10.1 Å². The second kappa shape index (κ2) is 9.08. The van der Waals surface area contributed by atoms with E-state index in [1.807, 2.05) is 36.0 Å². The zero-order valence-corrected chi connectivity index (χ0v) is 16.0. The number of hydrogen-bond acceptors (Lipinski definition) is 4. The molecular weight excluding hydrogens is 356 g/mol. The van der Waals surface area contributed by atoms with E-state index in [1.54, 1.807) is 12.2 Å². The average molecular weight is 381 g/mol. The molecule has 1 aromatic rings. The molecule has 1 amide bonds. The molecule has 0 saturated carbocycles. The molecule has 2 fully saturated rings. The molecule has 2 aliphatic heterocycles. The fraction of sp³-hybridized carbons (Fsp3) is 0.526. The van der Waals surface area contributed by atoms with Gasteiger partial charge in [-0.05, 0) is 42.1 Å². The van der Waals surface area contributed by atoms with Gasteiger partial charge in [0.05, 0.1) is 13.2 Å². The van der Waals surface area contributed by atoms with E-state index < -0.39 is 0 Å². The maximum Gasteiger partial charge on any atom is 0.244 e. The molecule has 2 aliphatic rings. The van der Waals surface area contributed by atoms with Crippen LogP contribution in [0, 0.1) is 0 Å². The molecule has 136 valence electrons. The minimum absolute atomic E-state index is 0.0641. The number of carbonyl (C=O) groups excluding carboxylic acids is 1. The lowest BCUT2D eigenvalue weighted by atomic mass is 9.89. The molecule has 0 aliphatic carbocycles. The molecule has 0 unspecified atom stereocenters. The van der Waals surface area contributed by atoms with E-state index >= 15 is 0 Å². The van der Waals surface area contributed by atoms with Crippen LogP contribution in [-0.2, 0) is 9.53 Å². The highest BCUT2D eigenvalue weighted by Crippen LogP contribution is 2.32. The summed E-state index contributed by atoms with van der Waals surface area (Å²) in [6, 6.07) is 7.52. The summed E-state index contributed by atoms with van der Waals surface area (Å²) in [5, 5.41) is 3.77. The highest BCUT2D eigenvalue weighted by molar-refractivity contribution is 7.99. The quantitative estimate of drug-likeness (QED) is 0.797. The summed E-state index contributed by atoms with van der Waals surface area (Å²) < 4.78 is 5.50. The minimum Gasteiger partial charge on any atom is -0.379 e. The molecule has 0 radical (unpaired) electrons. The number of nitrogens with one attached hydrogen (secondary N) is 1. The fourth-order valence-electron chi connectivity index (χ4n) is 3.48. The number of carbonyl (C=O) groups is 1. The van der Waals surface area contributed by atoms with Crippen LogP contribution in [0.15, 0.2) is 30.3 Å². The Balaban J connectivity index is 1.60. The lowest BCUT2D eigenvalue weighted by Crippen LogP contribution is -2.60. The van der Waals surface area contributed by atoms with Crippen LogP contribution in [0.1, 0.15) is 18.4 Å². The van der Waals surface area contributed by atoms with Gasteiger partial charge in [0.2, 0.25) is 5.91 Å². The summed E-state index contributed by atoms with van der Waals surface area (Å²) in [5.41, 5.74) is 0.930. The monoisotopic (exact) mass is 380 g/mol. The summed E-state index contributed by atoms with van der Waals surface area (Å²) in [6.07, 6.45) is 5.58. The molecule has 0 spiro atoms. The van der Waals surface area contributed by atoms with E-state index in [9.17, 15) is 4.79 Å². The molecule has 6 heteroatoms. The zero-order valence-electron chi connectivity index (χ0n) is 14.4. The second-order valence-corrected chi connectivity index (χ2v) is 8.14. The van der Waals surface area contributed by atoms with Crippen molar-refractivity contribution >= 4 is 35.3 Å². The molecule has 2 heterocycles. The Labute approximate surface area is 158 Å². The highest BCUT2D eigenvalue weighted by atomic mass is 35.5. The summed E-state index contributed by atoms with van der Waals surface area (Å²) in [5.74, 6) is 2.25. The Morgan fingerprint density at radius 2 is 2.00 bits per heavy atom. The molecule has 0 bridgehead atoms. The zero-order chi connectivity index (χ0) is 17.5. The summed E-state index contributed by atoms with van der Waals surface area (Å²) >= 11 is 8.13. The van der Waals surface area contributed by atoms with Gasteiger partial charge >= 0.3 is 0 Å². The first-order chi connectivity index (χ1) is 12.2. The van der Waals surface area contributed by atoms with Crippen LogP contribution >= 0.6 is 23.4 Å². The topological polar surface area (TPSA) is 41.6 Å². The van der Waals surface area contributed by atoms with Crippen LogP contribution in [-0.4, -0.2) is 60.7 Å². The molecular formula is C19H25ClN2O2S. The molecule has 3 rings (SSSR count). The van der Waals surface area contributed by atoms with Crippen molar-refractivity contribution in [3.8, 4) is 0 Å². The Hall–Kier alpha value is -1.01. The molecule has 4 nitrogen and oxygen atoms in total. The van der Waals surface area contributed by atoms with Crippen molar-refractivity contribution in [2.75, 3.05) is 44.4 Å². The highest BCUT2D eigenvalue weighted by Gasteiger charge is 2.38. The predicted octanol–water partition coefficient (Wildman–Crippen LogP) is 3.07. The molecule has 2 saturated heterocycles. The molecule has 1 aromatic carbocycles. The van der Waals surface area contributed by atoms with Gasteiger partial charge in [-0.25, -0.2) is 0 Å². The van der Waals surface area contributed by atoms with Crippen molar-refractivity contribution in [2.24, 2.45) is 0 Å². The van der Waals surface area contributed by atoms with E-state index in [4.69, 9.17) is 16.3 Å². The SMILES string of the molecule is O=C(C=Cc1ccccc1Cl)NCC1(N2CCOCC2)CCSCC1. The second-order valence-electron chi connectivity index (χ2n) is 6.51. The molecule has 0 atom stereocenters. The third-order valence-corrected chi connectivity index (χ3v) is 6.35. The first-order valence-corrected chi connectivity index (χ1v) is 10.3. The number of rotatable bonds is 5. The first kappa shape index (κ1) is 18.8. The van der Waals surface area contributed by atoms with Gasteiger partial charge in [-0.2, -0.15) is 11.8 Å². The normalized spacial score (nSPS) is 21.3. The van der Waals surface area contributed by atoms with Crippen LogP contribution in [0.3, 0.4) is 0 Å². The number of nitrogens with zero attached hydrogens (tertiary/aromatic N) is 1. The number of morpholine rings is 1. The molecule has 0 aromatic heterocycles. The Kier molecular flexibility index (Phi) is 6.82. The number of hydrogen-bond donors (Lipinski definition) is 1. The Morgan fingerprint density at radius 1 is 1.28 bits per heavy atom. The maximum atomic E-state index is 12.3. The lowest BCUT2D eigenvalue weighted by Gasteiger charge is -2.47. The number of halogens is 1. The summed E-state index contributed by atoms with van der Waals surface area (Å²) in [6.45, 7) is 4.18. The van der Waals surface area contributed by atoms with Gasteiger partial charge in [-0.15, -0.1) is 0 Å². The molecule has 1 N–H and O–H groups in total. The number of benzene rings is 1. The van der Waals surface area contributed by atoms with Crippen LogP contribution in [0.2, 0.25) is 5.02 Å². The first-order valence-electron chi connectivity index (χ1n) is 8.81. The number of amides is 1.